The fourth-order valence-corrected chi connectivity index (χ4v) is 2.05. The van der Waals surface area contributed by atoms with Crippen LogP contribution in [0.25, 0.3) is 10.9 Å². The third kappa shape index (κ3) is 3.45. The Morgan fingerprint density at radius 1 is 1.53 bits per heavy atom. The highest BCUT2D eigenvalue weighted by atomic mass is 35.5. The number of methoxy groups -OCH3 is 1. The van der Waals surface area contributed by atoms with Gasteiger partial charge in [-0.2, -0.15) is 5.10 Å². The second-order valence-electron chi connectivity index (χ2n) is 4.13. The Balaban J connectivity index is 1.95. The monoisotopic (exact) mass is 281 g/mol. The van der Waals surface area contributed by atoms with Crippen molar-refractivity contribution in [2.75, 3.05) is 20.3 Å². The molecule has 0 unspecified atom stereocenters. The highest BCUT2D eigenvalue weighted by Gasteiger charge is 2.07. The van der Waals surface area contributed by atoms with E-state index in [4.69, 9.17) is 16.3 Å². The van der Waals surface area contributed by atoms with Crippen LogP contribution in [0.15, 0.2) is 24.4 Å². The highest BCUT2D eigenvalue weighted by molar-refractivity contribution is 6.35. The van der Waals surface area contributed by atoms with E-state index in [1.807, 2.05) is 18.2 Å². The summed E-state index contributed by atoms with van der Waals surface area (Å²) in [5, 5.41) is 8.61. The van der Waals surface area contributed by atoms with E-state index in [2.05, 4.69) is 10.4 Å². The van der Waals surface area contributed by atoms with Gasteiger partial charge in [0.1, 0.15) is 0 Å². The summed E-state index contributed by atoms with van der Waals surface area (Å²) in [6.07, 6.45) is 2.10. The lowest BCUT2D eigenvalue weighted by atomic mass is 10.2. The van der Waals surface area contributed by atoms with Crippen LogP contribution in [0, 0.1) is 0 Å². The Hall–Kier alpha value is -1.59. The largest absolute Gasteiger partial charge is 0.383 e. The number of carbonyl (C=O) groups is 1. The molecule has 2 aromatic rings. The zero-order valence-corrected chi connectivity index (χ0v) is 11.5. The molecule has 1 N–H and O–H groups in total. The van der Waals surface area contributed by atoms with Gasteiger partial charge in [0.2, 0.25) is 5.91 Å². The molecule has 0 fully saturated rings. The van der Waals surface area contributed by atoms with Gasteiger partial charge in [0.25, 0.3) is 0 Å². The van der Waals surface area contributed by atoms with Gasteiger partial charge >= 0.3 is 0 Å². The SMILES string of the molecule is COCCNC(=O)CCn1ncc2c(Cl)cccc21. The van der Waals surface area contributed by atoms with Crippen LogP contribution < -0.4 is 5.32 Å². The number of benzene rings is 1. The molecule has 19 heavy (non-hydrogen) atoms. The number of fused-ring (bicyclic) bond motifs is 1. The molecule has 0 spiro atoms. The average Bonchev–Trinajstić information content (AvgIpc) is 2.81. The van der Waals surface area contributed by atoms with Crippen molar-refractivity contribution in [2.24, 2.45) is 0 Å². The molecule has 0 aliphatic heterocycles. The molecule has 2 rings (SSSR count). The summed E-state index contributed by atoms with van der Waals surface area (Å²) < 4.78 is 6.66. The summed E-state index contributed by atoms with van der Waals surface area (Å²) in [7, 11) is 1.60. The van der Waals surface area contributed by atoms with Crippen LogP contribution in [0.3, 0.4) is 0 Å². The summed E-state index contributed by atoms with van der Waals surface area (Å²) >= 11 is 6.07. The molecule has 0 saturated heterocycles. The van der Waals surface area contributed by atoms with E-state index >= 15 is 0 Å². The number of ether oxygens (including phenoxy) is 1. The third-order valence-corrected chi connectivity index (χ3v) is 3.14. The van der Waals surface area contributed by atoms with Crippen LogP contribution in [0.2, 0.25) is 5.02 Å². The minimum absolute atomic E-state index is 0.0114. The Morgan fingerprint density at radius 3 is 3.16 bits per heavy atom. The minimum atomic E-state index is -0.0114. The molecule has 0 aliphatic carbocycles. The van der Waals surface area contributed by atoms with Crippen LogP contribution in [0.1, 0.15) is 6.42 Å². The van der Waals surface area contributed by atoms with Crippen molar-refractivity contribution < 1.29 is 9.53 Å². The van der Waals surface area contributed by atoms with Crippen molar-refractivity contribution in [1.29, 1.82) is 0 Å². The number of halogens is 1. The van der Waals surface area contributed by atoms with Gasteiger partial charge in [-0.05, 0) is 12.1 Å². The summed E-state index contributed by atoms with van der Waals surface area (Å²) in [4.78, 5) is 11.6. The van der Waals surface area contributed by atoms with Gasteiger partial charge in [-0.25, -0.2) is 0 Å². The predicted octanol–water partition coefficient (Wildman–Crippen LogP) is 1.84. The normalized spacial score (nSPS) is 10.8. The van der Waals surface area contributed by atoms with Crippen LogP contribution in [0.5, 0.6) is 0 Å². The second-order valence-corrected chi connectivity index (χ2v) is 4.54. The number of nitrogens with zero attached hydrogens (tertiary/aromatic N) is 2. The number of nitrogens with one attached hydrogen (secondary N) is 1. The van der Waals surface area contributed by atoms with E-state index < -0.39 is 0 Å². The molecule has 1 heterocycles. The first-order valence-corrected chi connectivity index (χ1v) is 6.46. The predicted molar refractivity (Wildman–Crippen MR) is 74.2 cm³/mol. The van der Waals surface area contributed by atoms with Gasteiger partial charge in [-0.3, -0.25) is 9.48 Å². The van der Waals surface area contributed by atoms with Gasteiger partial charge in [0.05, 0.1) is 29.9 Å². The van der Waals surface area contributed by atoms with Crippen molar-refractivity contribution in [2.45, 2.75) is 13.0 Å². The Bertz CT molecular complexity index is 568. The standard InChI is InChI=1S/C13H16ClN3O2/c1-19-8-6-15-13(18)5-7-17-12-4-2-3-11(14)10(12)9-16-17/h2-4,9H,5-8H2,1H3,(H,15,18). The number of hydrogen-bond donors (Lipinski definition) is 1. The summed E-state index contributed by atoms with van der Waals surface area (Å²) in [5.74, 6) is -0.0114. The molecule has 5 nitrogen and oxygen atoms in total. The molecular weight excluding hydrogens is 266 g/mol. The lowest BCUT2D eigenvalue weighted by Crippen LogP contribution is -2.27. The summed E-state index contributed by atoms with van der Waals surface area (Å²) in [6, 6.07) is 5.64. The minimum Gasteiger partial charge on any atom is -0.383 e. The lowest BCUT2D eigenvalue weighted by molar-refractivity contribution is -0.121. The van der Waals surface area contributed by atoms with E-state index in [1.54, 1.807) is 18.0 Å². The molecule has 1 amide bonds. The van der Waals surface area contributed by atoms with E-state index in [-0.39, 0.29) is 5.91 Å². The van der Waals surface area contributed by atoms with Gasteiger partial charge < -0.3 is 10.1 Å². The van der Waals surface area contributed by atoms with Crippen molar-refractivity contribution in [3.63, 3.8) is 0 Å². The van der Waals surface area contributed by atoms with Crippen LogP contribution in [-0.2, 0) is 16.1 Å². The van der Waals surface area contributed by atoms with E-state index in [0.29, 0.717) is 31.1 Å². The van der Waals surface area contributed by atoms with Crippen LogP contribution >= 0.6 is 11.6 Å². The molecule has 0 radical (unpaired) electrons. The third-order valence-electron chi connectivity index (χ3n) is 2.81. The maximum Gasteiger partial charge on any atom is 0.221 e. The Labute approximate surface area is 116 Å². The smallest absolute Gasteiger partial charge is 0.221 e. The first-order valence-electron chi connectivity index (χ1n) is 6.08. The zero-order valence-electron chi connectivity index (χ0n) is 10.7. The maximum atomic E-state index is 11.6. The second kappa shape index (κ2) is 6.54. The summed E-state index contributed by atoms with van der Waals surface area (Å²) in [6.45, 7) is 1.58. The van der Waals surface area contributed by atoms with Crippen LogP contribution in [-0.4, -0.2) is 35.9 Å². The number of aromatic nitrogens is 2. The first-order chi connectivity index (χ1) is 9.22. The van der Waals surface area contributed by atoms with Crippen LogP contribution in [0.4, 0.5) is 0 Å². The lowest BCUT2D eigenvalue weighted by Gasteiger charge is -2.05. The van der Waals surface area contributed by atoms with Gasteiger partial charge in [-0.15, -0.1) is 0 Å². The van der Waals surface area contributed by atoms with Crippen molar-refractivity contribution >= 4 is 28.4 Å². The topological polar surface area (TPSA) is 56.1 Å². The van der Waals surface area contributed by atoms with Gasteiger partial charge in [0.15, 0.2) is 0 Å². The number of rotatable bonds is 6. The van der Waals surface area contributed by atoms with Gasteiger partial charge in [0, 0.05) is 25.5 Å². The number of hydrogen-bond acceptors (Lipinski definition) is 3. The molecule has 0 atom stereocenters. The first kappa shape index (κ1) is 13.8. The molecule has 102 valence electrons. The molecular formula is C13H16ClN3O2. The number of aryl methyl sites for hydroxylation is 1. The van der Waals surface area contributed by atoms with E-state index in [0.717, 1.165) is 10.9 Å². The Kier molecular flexibility index (Phi) is 4.76. The van der Waals surface area contributed by atoms with Crippen molar-refractivity contribution in [3.8, 4) is 0 Å². The Morgan fingerprint density at radius 2 is 2.37 bits per heavy atom. The molecule has 0 aliphatic rings. The molecule has 1 aromatic carbocycles. The highest BCUT2D eigenvalue weighted by Crippen LogP contribution is 2.22. The van der Waals surface area contributed by atoms with Gasteiger partial charge in [-0.1, -0.05) is 17.7 Å². The number of amides is 1. The molecule has 0 saturated carbocycles. The molecule has 0 bridgehead atoms. The molecule has 1 aromatic heterocycles. The maximum absolute atomic E-state index is 11.6. The number of carbonyl (C=O) groups excluding carboxylic acids is 1. The fraction of sp³-hybridized carbons (Fsp3) is 0.385. The van der Waals surface area contributed by atoms with Crippen molar-refractivity contribution in [3.05, 3.63) is 29.4 Å². The average molecular weight is 282 g/mol. The summed E-state index contributed by atoms with van der Waals surface area (Å²) in [5.41, 5.74) is 0.942. The zero-order chi connectivity index (χ0) is 13.7. The van der Waals surface area contributed by atoms with E-state index in [1.165, 1.54) is 0 Å². The van der Waals surface area contributed by atoms with E-state index in [9.17, 15) is 4.79 Å². The fourth-order valence-electron chi connectivity index (χ4n) is 1.83. The quantitative estimate of drug-likeness (QED) is 0.822. The molecule has 6 heteroatoms. The van der Waals surface area contributed by atoms with Crippen molar-refractivity contribution in [1.82, 2.24) is 15.1 Å².